The summed E-state index contributed by atoms with van der Waals surface area (Å²) in [5.41, 5.74) is 1.05. The molecule has 0 aromatic heterocycles. The highest BCUT2D eigenvalue weighted by Crippen LogP contribution is 2.11. The van der Waals surface area contributed by atoms with Gasteiger partial charge in [-0.15, -0.1) is 0 Å². The van der Waals surface area contributed by atoms with Crippen molar-refractivity contribution in [1.82, 2.24) is 0 Å². The van der Waals surface area contributed by atoms with Crippen LogP contribution in [0.25, 0.3) is 0 Å². The number of nitriles is 1. The molecule has 0 fully saturated rings. The second kappa shape index (κ2) is 7.65. The molecule has 0 spiro atoms. The van der Waals surface area contributed by atoms with Crippen LogP contribution in [0.3, 0.4) is 0 Å². The second-order valence-electron chi connectivity index (χ2n) is 4.61. The van der Waals surface area contributed by atoms with Gasteiger partial charge in [-0.2, -0.15) is 5.26 Å². The van der Waals surface area contributed by atoms with Crippen molar-refractivity contribution >= 4 is 15.8 Å². The third kappa shape index (κ3) is 6.34. The van der Waals surface area contributed by atoms with Crippen LogP contribution in [0.4, 0.5) is 0 Å². The largest absolute Gasteiger partial charge is 0.481 e. The number of hydrogen-bond donors (Lipinski definition) is 1. The van der Waals surface area contributed by atoms with Gasteiger partial charge in [0.2, 0.25) is 0 Å². The summed E-state index contributed by atoms with van der Waals surface area (Å²) in [6.07, 6.45) is 1.62. The maximum Gasteiger partial charge on any atom is 0.303 e. The summed E-state index contributed by atoms with van der Waals surface area (Å²) < 4.78 is 23.8. The molecular weight excluding hydrogens is 278 g/mol. The molecule has 1 N–H and O–H groups in total. The summed E-state index contributed by atoms with van der Waals surface area (Å²) in [5.74, 6) is -0.897. The zero-order valence-corrected chi connectivity index (χ0v) is 11.9. The van der Waals surface area contributed by atoms with E-state index in [-0.39, 0.29) is 17.9 Å². The van der Waals surface area contributed by atoms with E-state index in [1.54, 1.807) is 24.3 Å². The van der Waals surface area contributed by atoms with Gasteiger partial charge in [0.05, 0.1) is 23.1 Å². The third-order valence-electron chi connectivity index (χ3n) is 2.79. The molecule has 1 rings (SSSR count). The normalized spacial score (nSPS) is 10.9. The number of carboxylic acid groups (broad SMARTS) is 1. The van der Waals surface area contributed by atoms with Crippen LogP contribution in [-0.4, -0.2) is 25.2 Å². The van der Waals surface area contributed by atoms with Gasteiger partial charge in [0.25, 0.3) is 0 Å². The minimum absolute atomic E-state index is 0.0450. The number of hydrogen-bond acceptors (Lipinski definition) is 4. The van der Waals surface area contributed by atoms with Gasteiger partial charge in [-0.3, -0.25) is 4.79 Å². The molecule has 0 unspecified atom stereocenters. The zero-order chi connectivity index (χ0) is 15.0. The predicted molar refractivity (Wildman–Crippen MR) is 74.8 cm³/mol. The predicted octanol–water partition coefficient (Wildman–Crippen LogP) is 2.12. The highest BCUT2D eigenvalue weighted by atomic mass is 32.2. The molecule has 0 atom stereocenters. The standard InChI is InChI=1S/C14H17NO4S/c15-10-12-5-4-6-13(9-12)11-20(18,19)8-3-1-2-7-14(16)17/h4-6,9H,1-3,7-8,11H2,(H,16,17). The Morgan fingerprint density at radius 3 is 2.65 bits per heavy atom. The lowest BCUT2D eigenvalue weighted by molar-refractivity contribution is -0.137. The van der Waals surface area contributed by atoms with Gasteiger partial charge in [0, 0.05) is 6.42 Å². The molecule has 6 heteroatoms. The van der Waals surface area contributed by atoms with E-state index in [0.717, 1.165) is 0 Å². The number of rotatable bonds is 8. The first-order chi connectivity index (χ1) is 9.43. The Balaban J connectivity index is 2.45. The van der Waals surface area contributed by atoms with E-state index in [9.17, 15) is 13.2 Å². The van der Waals surface area contributed by atoms with Crippen LogP contribution in [0, 0.1) is 11.3 Å². The van der Waals surface area contributed by atoms with Crippen LogP contribution in [0.5, 0.6) is 0 Å². The van der Waals surface area contributed by atoms with Crippen molar-refractivity contribution in [3.8, 4) is 6.07 Å². The smallest absolute Gasteiger partial charge is 0.303 e. The molecule has 5 nitrogen and oxygen atoms in total. The molecule has 0 saturated carbocycles. The van der Waals surface area contributed by atoms with Gasteiger partial charge < -0.3 is 5.11 Å². The Kier molecular flexibility index (Phi) is 6.19. The van der Waals surface area contributed by atoms with E-state index in [0.29, 0.717) is 30.4 Å². The third-order valence-corrected chi connectivity index (χ3v) is 4.47. The van der Waals surface area contributed by atoms with Crippen LogP contribution in [0.2, 0.25) is 0 Å². The Bertz CT molecular complexity index is 602. The molecule has 1 aromatic rings. The lowest BCUT2D eigenvalue weighted by Crippen LogP contribution is -2.09. The van der Waals surface area contributed by atoms with Gasteiger partial charge in [-0.05, 0) is 30.5 Å². The summed E-state index contributed by atoms with van der Waals surface area (Å²) in [7, 11) is -3.22. The van der Waals surface area contributed by atoms with Crippen LogP contribution >= 0.6 is 0 Å². The van der Waals surface area contributed by atoms with Crippen molar-refractivity contribution in [3.05, 3.63) is 35.4 Å². The molecular formula is C14H17NO4S. The molecule has 108 valence electrons. The van der Waals surface area contributed by atoms with Gasteiger partial charge in [-0.1, -0.05) is 18.6 Å². The van der Waals surface area contributed by atoms with Crippen molar-refractivity contribution in [2.45, 2.75) is 31.4 Å². The lowest BCUT2D eigenvalue weighted by atomic mass is 10.2. The molecule has 0 aliphatic heterocycles. The fourth-order valence-electron chi connectivity index (χ4n) is 1.83. The fraction of sp³-hybridized carbons (Fsp3) is 0.429. The minimum Gasteiger partial charge on any atom is -0.481 e. The fourth-order valence-corrected chi connectivity index (χ4v) is 3.31. The van der Waals surface area contributed by atoms with Crippen LogP contribution in [0.15, 0.2) is 24.3 Å². The van der Waals surface area contributed by atoms with Crippen LogP contribution in [-0.2, 0) is 20.4 Å². The summed E-state index contributed by atoms with van der Waals surface area (Å²) >= 11 is 0. The lowest BCUT2D eigenvalue weighted by Gasteiger charge is -2.04. The van der Waals surface area contributed by atoms with E-state index in [1.165, 1.54) is 0 Å². The van der Waals surface area contributed by atoms with Gasteiger partial charge in [0.15, 0.2) is 9.84 Å². The number of aliphatic carboxylic acids is 1. The first-order valence-corrected chi connectivity index (χ1v) is 8.16. The van der Waals surface area contributed by atoms with Crippen molar-refractivity contribution in [3.63, 3.8) is 0 Å². The van der Waals surface area contributed by atoms with E-state index in [1.807, 2.05) is 6.07 Å². The Morgan fingerprint density at radius 1 is 1.25 bits per heavy atom. The summed E-state index contributed by atoms with van der Waals surface area (Å²) in [4.78, 5) is 10.3. The van der Waals surface area contributed by atoms with E-state index >= 15 is 0 Å². The molecule has 0 amide bonds. The Hall–Kier alpha value is -1.87. The Labute approximate surface area is 118 Å². The average molecular weight is 295 g/mol. The monoisotopic (exact) mass is 295 g/mol. The average Bonchev–Trinajstić information content (AvgIpc) is 2.37. The quantitative estimate of drug-likeness (QED) is 0.741. The molecule has 0 aliphatic carbocycles. The van der Waals surface area contributed by atoms with Crippen molar-refractivity contribution in [2.75, 3.05) is 5.75 Å². The highest BCUT2D eigenvalue weighted by Gasteiger charge is 2.12. The molecule has 0 saturated heterocycles. The van der Waals surface area contributed by atoms with Crippen molar-refractivity contribution in [1.29, 1.82) is 5.26 Å². The second-order valence-corrected chi connectivity index (χ2v) is 6.79. The first-order valence-electron chi connectivity index (χ1n) is 6.34. The molecule has 20 heavy (non-hydrogen) atoms. The molecule has 0 aliphatic rings. The summed E-state index contributed by atoms with van der Waals surface area (Å²) in [6.45, 7) is 0. The van der Waals surface area contributed by atoms with Crippen LogP contribution in [0.1, 0.15) is 36.8 Å². The number of benzene rings is 1. The summed E-state index contributed by atoms with van der Waals surface area (Å²) in [5, 5.41) is 17.2. The van der Waals surface area contributed by atoms with E-state index < -0.39 is 15.8 Å². The number of sulfone groups is 1. The molecule has 0 radical (unpaired) electrons. The topological polar surface area (TPSA) is 95.2 Å². The number of carbonyl (C=O) groups is 1. The maximum atomic E-state index is 11.9. The van der Waals surface area contributed by atoms with Gasteiger partial charge >= 0.3 is 5.97 Å². The van der Waals surface area contributed by atoms with E-state index in [2.05, 4.69) is 0 Å². The van der Waals surface area contributed by atoms with Gasteiger partial charge in [0.1, 0.15) is 0 Å². The van der Waals surface area contributed by atoms with Crippen LogP contribution < -0.4 is 0 Å². The number of carboxylic acids is 1. The van der Waals surface area contributed by atoms with E-state index in [4.69, 9.17) is 10.4 Å². The number of unbranched alkanes of at least 4 members (excludes halogenated alkanes) is 2. The first kappa shape index (κ1) is 16.2. The highest BCUT2D eigenvalue weighted by molar-refractivity contribution is 7.90. The molecule has 0 heterocycles. The molecule has 1 aromatic carbocycles. The molecule has 0 bridgehead atoms. The zero-order valence-electron chi connectivity index (χ0n) is 11.1. The van der Waals surface area contributed by atoms with Gasteiger partial charge in [-0.25, -0.2) is 8.42 Å². The maximum absolute atomic E-state index is 11.9. The number of nitrogens with zero attached hydrogens (tertiary/aromatic N) is 1. The Morgan fingerprint density at radius 2 is 2.00 bits per heavy atom. The van der Waals surface area contributed by atoms with Crippen molar-refractivity contribution in [2.24, 2.45) is 0 Å². The SMILES string of the molecule is N#Cc1cccc(CS(=O)(=O)CCCCCC(=O)O)c1. The minimum atomic E-state index is -3.22. The van der Waals surface area contributed by atoms with Crippen molar-refractivity contribution < 1.29 is 18.3 Å². The summed E-state index contributed by atoms with van der Waals surface area (Å²) in [6, 6.07) is 8.52.